The van der Waals surface area contributed by atoms with Crippen LogP contribution in [0, 0.1) is 5.92 Å². The van der Waals surface area contributed by atoms with Gasteiger partial charge in [-0.3, -0.25) is 0 Å². The number of hydrogen-bond acceptors (Lipinski definition) is 1. The fraction of sp³-hybridized carbons (Fsp3) is 1.00. The summed E-state index contributed by atoms with van der Waals surface area (Å²) in [4.78, 5) is 0. The molecule has 2 heteroatoms. The Hall–Kier alpha value is 0.250. The van der Waals surface area contributed by atoms with Gasteiger partial charge in [0.2, 0.25) is 0 Å². The average molecular weight is 164 g/mol. The van der Waals surface area contributed by atoms with Crippen LogP contribution in [-0.4, -0.2) is 12.6 Å². The second-order valence-corrected chi connectivity index (χ2v) is 3.42. The van der Waals surface area contributed by atoms with Crippen LogP contribution in [0.5, 0.6) is 0 Å². The molecule has 0 saturated carbocycles. The molecular weight excluding hydrogens is 146 g/mol. The van der Waals surface area contributed by atoms with E-state index in [2.05, 4.69) is 19.2 Å². The number of hydrogen-bond donors (Lipinski definition) is 1. The first kappa shape index (κ1) is 10.2. The molecule has 62 valence electrons. The van der Waals surface area contributed by atoms with E-state index in [1.165, 1.54) is 25.8 Å². The Balaban J connectivity index is 0.000000810. The maximum absolute atomic E-state index is 3.49. The summed E-state index contributed by atoms with van der Waals surface area (Å²) in [6.07, 6.45) is 4.15. The summed E-state index contributed by atoms with van der Waals surface area (Å²) < 4.78 is 0. The first-order valence-corrected chi connectivity index (χ1v) is 4.02. The van der Waals surface area contributed by atoms with Gasteiger partial charge in [0.25, 0.3) is 0 Å². The van der Waals surface area contributed by atoms with Crippen LogP contribution in [-0.2, 0) is 0 Å². The normalized spacial score (nSPS) is 24.9. The molecule has 10 heavy (non-hydrogen) atoms. The van der Waals surface area contributed by atoms with Gasteiger partial charge in [-0.05, 0) is 31.7 Å². The van der Waals surface area contributed by atoms with E-state index >= 15 is 0 Å². The van der Waals surface area contributed by atoms with Gasteiger partial charge in [0.05, 0.1) is 0 Å². The summed E-state index contributed by atoms with van der Waals surface area (Å²) in [6, 6.07) is 0.838. The van der Waals surface area contributed by atoms with Gasteiger partial charge in [-0.15, -0.1) is 12.4 Å². The molecule has 1 unspecified atom stereocenters. The Morgan fingerprint density at radius 1 is 1.50 bits per heavy atom. The number of halogens is 1. The zero-order valence-corrected chi connectivity index (χ0v) is 7.71. The van der Waals surface area contributed by atoms with Crippen molar-refractivity contribution < 1.29 is 0 Å². The fourth-order valence-corrected chi connectivity index (χ4v) is 1.53. The molecule has 1 heterocycles. The molecule has 1 aliphatic heterocycles. The summed E-state index contributed by atoms with van der Waals surface area (Å²) in [7, 11) is 0. The monoisotopic (exact) mass is 163 g/mol. The molecule has 0 bridgehead atoms. The smallest absolute Gasteiger partial charge is 0.00699 e. The fourth-order valence-electron chi connectivity index (χ4n) is 1.53. The average Bonchev–Trinajstić information content (AvgIpc) is 2.15. The van der Waals surface area contributed by atoms with Crippen molar-refractivity contribution in [3.63, 3.8) is 0 Å². The molecule has 1 N–H and O–H groups in total. The summed E-state index contributed by atoms with van der Waals surface area (Å²) in [5.41, 5.74) is 0. The lowest BCUT2D eigenvalue weighted by Gasteiger charge is -2.11. The third-order valence-corrected chi connectivity index (χ3v) is 1.92. The molecule has 0 aliphatic carbocycles. The molecule has 1 fully saturated rings. The topological polar surface area (TPSA) is 12.0 Å². The minimum Gasteiger partial charge on any atom is -0.314 e. The highest BCUT2D eigenvalue weighted by molar-refractivity contribution is 5.85. The molecule has 0 radical (unpaired) electrons. The van der Waals surface area contributed by atoms with E-state index in [0.29, 0.717) is 0 Å². The molecule has 0 amide bonds. The molecule has 0 aromatic heterocycles. The van der Waals surface area contributed by atoms with Crippen LogP contribution >= 0.6 is 12.4 Å². The van der Waals surface area contributed by atoms with Crippen molar-refractivity contribution >= 4 is 12.4 Å². The molecular formula is C8H18ClN. The lowest BCUT2D eigenvalue weighted by atomic mass is 10.0. The van der Waals surface area contributed by atoms with Crippen molar-refractivity contribution in [2.75, 3.05) is 6.54 Å². The minimum absolute atomic E-state index is 0. The first-order chi connectivity index (χ1) is 4.29. The predicted molar refractivity (Wildman–Crippen MR) is 47.7 cm³/mol. The zero-order valence-electron chi connectivity index (χ0n) is 6.89. The molecule has 1 saturated heterocycles. The van der Waals surface area contributed by atoms with Crippen LogP contribution < -0.4 is 5.32 Å². The van der Waals surface area contributed by atoms with Gasteiger partial charge in [-0.1, -0.05) is 13.8 Å². The summed E-state index contributed by atoms with van der Waals surface area (Å²) >= 11 is 0. The second kappa shape index (κ2) is 4.97. The summed E-state index contributed by atoms with van der Waals surface area (Å²) in [5.74, 6) is 0.862. The van der Waals surface area contributed by atoms with E-state index in [1.54, 1.807) is 0 Å². The van der Waals surface area contributed by atoms with E-state index in [1.807, 2.05) is 0 Å². The van der Waals surface area contributed by atoms with Crippen LogP contribution in [0.4, 0.5) is 0 Å². The third kappa shape index (κ3) is 3.43. The maximum Gasteiger partial charge on any atom is 0.00699 e. The predicted octanol–water partition coefficient (Wildman–Crippen LogP) is 2.21. The highest BCUT2D eigenvalue weighted by atomic mass is 35.5. The van der Waals surface area contributed by atoms with Crippen molar-refractivity contribution in [1.82, 2.24) is 5.32 Å². The Labute approximate surface area is 70.0 Å². The maximum atomic E-state index is 3.49. The van der Waals surface area contributed by atoms with E-state index in [9.17, 15) is 0 Å². The molecule has 0 aromatic carbocycles. The van der Waals surface area contributed by atoms with Gasteiger partial charge >= 0.3 is 0 Å². The van der Waals surface area contributed by atoms with E-state index in [-0.39, 0.29) is 12.4 Å². The highest BCUT2D eigenvalue weighted by Crippen LogP contribution is 2.13. The van der Waals surface area contributed by atoms with Crippen LogP contribution in [0.15, 0.2) is 0 Å². The largest absolute Gasteiger partial charge is 0.314 e. The lowest BCUT2D eigenvalue weighted by molar-refractivity contribution is 0.464. The number of nitrogens with one attached hydrogen (secondary N) is 1. The lowest BCUT2D eigenvalue weighted by Crippen LogP contribution is -2.22. The highest BCUT2D eigenvalue weighted by Gasteiger charge is 2.14. The van der Waals surface area contributed by atoms with Gasteiger partial charge in [-0.2, -0.15) is 0 Å². The Morgan fingerprint density at radius 3 is 2.60 bits per heavy atom. The molecule has 1 nitrogen and oxygen atoms in total. The van der Waals surface area contributed by atoms with Crippen molar-refractivity contribution in [3.05, 3.63) is 0 Å². The molecule has 1 aliphatic rings. The Morgan fingerprint density at radius 2 is 2.20 bits per heavy atom. The molecule has 0 aromatic rings. The third-order valence-electron chi connectivity index (χ3n) is 1.92. The van der Waals surface area contributed by atoms with Crippen molar-refractivity contribution in [1.29, 1.82) is 0 Å². The van der Waals surface area contributed by atoms with E-state index in [0.717, 1.165) is 12.0 Å². The van der Waals surface area contributed by atoms with Crippen molar-refractivity contribution in [3.8, 4) is 0 Å². The van der Waals surface area contributed by atoms with Crippen molar-refractivity contribution in [2.45, 2.75) is 39.2 Å². The first-order valence-electron chi connectivity index (χ1n) is 4.02. The summed E-state index contributed by atoms with van der Waals surface area (Å²) in [5, 5.41) is 3.49. The van der Waals surface area contributed by atoms with E-state index < -0.39 is 0 Å². The molecule has 1 rings (SSSR count). The van der Waals surface area contributed by atoms with Crippen LogP contribution in [0.1, 0.15) is 33.1 Å². The van der Waals surface area contributed by atoms with Gasteiger partial charge in [0.1, 0.15) is 0 Å². The molecule has 1 atom stereocenters. The Kier molecular flexibility index (Phi) is 5.10. The van der Waals surface area contributed by atoms with Crippen LogP contribution in [0.3, 0.4) is 0 Å². The van der Waals surface area contributed by atoms with Crippen molar-refractivity contribution in [2.24, 2.45) is 5.92 Å². The van der Waals surface area contributed by atoms with Gasteiger partial charge in [-0.25, -0.2) is 0 Å². The minimum atomic E-state index is 0. The van der Waals surface area contributed by atoms with Gasteiger partial charge < -0.3 is 5.32 Å². The standard InChI is InChI=1S/C8H17N.ClH/c1-7(2)6-8-4-3-5-9-8;/h7-9H,3-6H2,1-2H3;1H. The van der Waals surface area contributed by atoms with Crippen LogP contribution in [0.2, 0.25) is 0 Å². The number of rotatable bonds is 2. The van der Waals surface area contributed by atoms with Gasteiger partial charge in [0, 0.05) is 6.04 Å². The van der Waals surface area contributed by atoms with E-state index in [4.69, 9.17) is 0 Å². The quantitative estimate of drug-likeness (QED) is 0.659. The SMILES string of the molecule is CC(C)CC1CCCN1.Cl. The molecule has 0 spiro atoms. The Bertz CT molecular complexity index is 77.3. The van der Waals surface area contributed by atoms with Crippen LogP contribution in [0.25, 0.3) is 0 Å². The summed E-state index contributed by atoms with van der Waals surface area (Å²) in [6.45, 7) is 5.83. The zero-order chi connectivity index (χ0) is 6.69. The van der Waals surface area contributed by atoms with Gasteiger partial charge in [0.15, 0.2) is 0 Å². The second-order valence-electron chi connectivity index (χ2n) is 3.42.